The second-order valence-corrected chi connectivity index (χ2v) is 11.7. The van der Waals surface area contributed by atoms with Crippen LogP contribution in [0.3, 0.4) is 0 Å². The number of aromatic amines is 1. The van der Waals surface area contributed by atoms with E-state index in [0.717, 1.165) is 46.8 Å². The second kappa shape index (κ2) is 9.51. The fourth-order valence-electron chi connectivity index (χ4n) is 4.19. The Hall–Kier alpha value is -3.50. The third-order valence-corrected chi connectivity index (χ3v) is 7.44. The minimum Gasteiger partial charge on any atom is -0.378 e. The van der Waals surface area contributed by atoms with E-state index in [0.29, 0.717) is 24.6 Å². The van der Waals surface area contributed by atoms with Gasteiger partial charge in [0.05, 0.1) is 24.3 Å². The van der Waals surface area contributed by atoms with Crippen LogP contribution in [0.4, 0.5) is 11.5 Å². The summed E-state index contributed by atoms with van der Waals surface area (Å²) in [5.74, 6) is 0.698. The van der Waals surface area contributed by atoms with Crippen LogP contribution in [0.5, 0.6) is 0 Å². The topological polar surface area (TPSA) is 113 Å². The molecule has 1 fully saturated rings. The van der Waals surface area contributed by atoms with Gasteiger partial charge >= 0.3 is 0 Å². The Labute approximate surface area is 211 Å². The summed E-state index contributed by atoms with van der Waals surface area (Å²) in [5.41, 5.74) is 4.59. The number of pyridine rings is 1. The number of fused-ring (bicyclic) bond motifs is 1. The lowest BCUT2D eigenvalue weighted by molar-refractivity contribution is 0.122. The third kappa shape index (κ3) is 5.34. The molecule has 0 unspecified atom stereocenters. The van der Waals surface area contributed by atoms with Gasteiger partial charge in [0.2, 0.25) is 10.0 Å². The summed E-state index contributed by atoms with van der Waals surface area (Å²) in [7, 11) is -3.61. The summed E-state index contributed by atoms with van der Waals surface area (Å²) in [6.07, 6.45) is 3.31. The fourth-order valence-corrected chi connectivity index (χ4v) is 5.32. The number of hydrogen-bond acceptors (Lipinski definition) is 7. The van der Waals surface area contributed by atoms with Crippen LogP contribution in [0.1, 0.15) is 32.0 Å². The van der Waals surface area contributed by atoms with E-state index in [-0.39, 0.29) is 11.2 Å². The number of ether oxygens (including phenoxy) is 1. The number of morpholine rings is 1. The Morgan fingerprint density at radius 1 is 1.03 bits per heavy atom. The number of aromatic nitrogens is 4. The SMILES string of the molecule is CC(C)(C)c1ccc(CS(=O)(=O)Nc2ccc(-c3cc4c(N5CCOCC5)ncnc4[nH]3)cc2)nc1. The molecule has 1 aromatic carbocycles. The molecule has 4 heterocycles. The van der Waals surface area contributed by atoms with Crippen molar-refractivity contribution in [2.75, 3.05) is 35.9 Å². The molecule has 0 aliphatic carbocycles. The van der Waals surface area contributed by atoms with E-state index in [2.05, 4.69) is 50.3 Å². The van der Waals surface area contributed by atoms with Crippen LogP contribution in [0, 0.1) is 0 Å². The predicted octanol–water partition coefficient (Wildman–Crippen LogP) is 4.10. The molecule has 4 aromatic rings. The predicted molar refractivity (Wildman–Crippen MR) is 142 cm³/mol. The van der Waals surface area contributed by atoms with Crippen molar-refractivity contribution in [2.24, 2.45) is 0 Å². The number of rotatable bonds is 6. The lowest BCUT2D eigenvalue weighted by Gasteiger charge is -2.27. The van der Waals surface area contributed by atoms with Gasteiger partial charge in [-0.05, 0) is 40.8 Å². The van der Waals surface area contributed by atoms with E-state index in [1.165, 1.54) is 0 Å². The molecule has 0 amide bonds. The summed E-state index contributed by atoms with van der Waals surface area (Å²) >= 11 is 0. The van der Waals surface area contributed by atoms with Gasteiger partial charge in [-0.25, -0.2) is 18.4 Å². The first-order chi connectivity index (χ1) is 17.2. The van der Waals surface area contributed by atoms with Gasteiger partial charge in [0.25, 0.3) is 0 Å². The molecule has 5 rings (SSSR count). The highest BCUT2D eigenvalue weighted by Crippen LogP contribution is 2.30. The molecule has 1 saturated heterocycles. The average Bonchev–Trinajstić information content (AvgIpc) is 3.29. The van der Waals surface area contributed by atoms with Crippen molar-refractivity contribution >= 4 is 32.6 Å². The van der Waals surface area contributed by atoms with E-state index in [4.69, 9.17) is 4.74 Å². The Bertz CT molecular complexity index is 1450. The number of nitrogens with zero attached hydrogens (tertiary/aromatic N) is 4. The smallest absolute Gasteiger partial charge is 0.238 e. The molecule has 0 radical (unpaired) electrons. The molecule has 1 aliphatic rings. The quantitative estimate of drug-likeness (QED) is 0.405. The zero-order valence-electron chi connectivity index (χ0n) is 20.7. The van der Waals surface area contributed by atoms with Gasteiger partial charge in [0, 0.05) is 30.7 Å². The Kier molecular flexibility index (Phi) is 6.40. The molecule has 2 N–H and O–H groups in total. The Morgan fingerprint density at radius 2 is 1.78 bits per heavy atom. The van der Waals surface area contributed by atoms with Crippen molar-refractivity contribution in [3.8, 4) is 11.3 Å². The summed E-state index contributed by atoms with van der Waals surface area (Å²) in [4.78, 5) is 18.8. The van der Waals surface area contributed by atoms with Gasteiger partial charge in [-0.1, -0.05) is 39.0 Å². The fraction of sp³-hybridized carbons (Fsp3) is 0.346. The first-order valence-corrected chi connectivity index (χ1v) is 13.6. The van der Waals surface area contributed by atoms with Gasteiger partial charge in [-0.3, -0.25) is 9.71 Å². The van der Waals surface area contributed by atoms with Crippen LogP contribution in [-0.4, -0.2) is 54.7 Å². The lowest BCUT2D eigenvalue weighted by Crippen LogP contribution is -2.36. The monoisotopic (exact) mass is 506 g/mol. The number of sulfonamides is 1. The van der Waals surface area contributed by atoms with E-state index >= 15 is 0 Å². The van der Waals surface area contributed by atoms with Crippen molar-refractivity contribution in [1.82, 2.24) is 19.9 Å². The van der Waals surface area contributed by atoms with Crippen LogP contribution in [-0.2, 0) is 25.9 Å². The molecule has 9 nitrogen and oxygen atoms in total. The first kappa shape index (κ1) is 24.2. The van der Waals surface area contributed by atoms with Gasteiger partial charge in [0.15, 0.2) is 0 Å². The van der Waals surface area contributed by atoms with Crippen molar-refractivity contribution < 1.29 is 13.2 Å². The lowest BCUT2D eigenvalue weighted by atomic mass is 9.88. The zero-order chi connectivity index (χ0) is 25.3. The number of nitrogens with one attached hydrogen (secondary N) is 2. The molecule has 0 spiro atoms. The maximum absolute atomic E-state index is 12.7. The van der Waals surface area contributed by atoms with Crippen LogP contribution in [0.15, 0.2) is 55.0 Å². The normalized spacial score (nSPS) is 14.8. The molecular formula is C26H30N6O3S. The largest absolute Gasteiger partial charge is 0.378 e. The summed E-state index contributed by atoms with van der Waals surface area (Å²) in [5, 5.41) is 0.948. The maximum atomic E-state index is 12.7. The number of H-pyrrole nitrogens is 1. The maximum Gasteiger partial charge on any atom is 0.238 e. The molecule has 188 valence electrons. The standard InChI is InChI=1S/C26H30N6O3S/c1-26(2,3)19-6-9-21(27-15-19)16-36(33,34)31-20-7-4-18(5-8-20)23-14-22-24(30-23)28-17-29-25(22)32-10-12-35-13-11-32/h4-9,14-15,17,31H,10-13,16H2,1-3H3,(H,28,29,30). The summed E-state index contributed by atoms with van der Waals surface area (Å²) in [6.45, 7) is 9.22. The number of hydrogen-bond donors (Lipinski definition) is 2. The molecule has 0 atom stereocenters. The van der Waals surface area contributed by atoms with Crippen molar-refractivity contribution in [1.29, 1.82) is 0 Å². The molecule has 1 aliphatic heterocycles. The van der Waals surface area contributed by atoms with Crippen LogP contribution in [0.2, 0.25) is 0 Å². The molecule has 0 saturated carbocycles. The van der Waals surface area contributed by atoms with E-state index in [9.17, 15) is 8.42 Å². The molecule has 3 aromatic heterocycles. The van der Waals surface area contributed by atoms with Crippen LogP contribution in [0.25, 0.3) is 22.3 Å². The van der Waals surface area contributed by atoms with E-state index in [1.54, 1.807) is 30.7 Å². The average molecular weight is 507 g/mol. The van der Waals surface area contributed by atoms with Gasteiger partial charge in [0.1, 0.15) is 23.5 Å². The highest BCUT2D eigenvalue weighted by atomic mass is 32.2. The minimum absolute atomic E-state index is 0.0357. The highest BCUT2D eigenvalue weighted by Gasteiger charge is 2.19. The zero-order valence-corrected chi connectivity index (χ0v) is 21.5. The van der Waals surface area contributed by atoms with E-state index < -0.39 is 10.0 Å². The van der Waals surface area contributed by atoms with Crippen LogP contribution < -0.4 is 9.62 Å². The first-order valence-electron chi connectivity index (χ1n) is 11.9. The highest BCUT2D eigenvalue weighted by molar-refractivity contribution is 7.91. The number of benzene rings is 1. The summed E-state index contributed by atoms with van der Waals surface area (Å²) < 4.78 is 33.6. The molecule has 10 heteroatoms. The second-order valence-electron chi connectivity index (χ2n) is 9.97. The Balaban J connectivity index is 1.30. The van der Waals surface area contributed by atoms with Crippen molar-refractivity contribution in [2.45, 2.75) is 31.9 Å². The van der Waals surface area contributed by atoms with Gasteiger partial charge in [-0.15, -0.1) is 0 Å². The van der Waals surface area contributed by atoms with Gasteiger partial charge in [-0.2, -0.15) is 0 Å². The van der Waals surface area contributed by atoms with Gasteiger partial charge < -0.3 is 14.6 Å². The molecular weight excluding hydrogens is 476 g/mol. The van der Waals surface area contributed by atoms with Crippen molar-refractivity contribution in [3.05, 3.63) is 66.2 Å². The number of anilines is 2. The Morgan fingerprint density at radius 3 is 2.44 bits per heavy atom. The molecule has 36 heavy (non-hydrogen) atoms. The third-order valence-electron chi connectivity index (χ3n) is 6.21. The van der Waals surface area contributed by atoms with Crippen molar-refractivity contribution in [3.63, 3.8) is 0 Å². The summed E-state index contributed by atoms with van der Waals surface area (Å²) in [6, 6.07) is 13.0. The van der Waals surface area contributed by atoms with Crippen LogP contribution >= 0.6 is 0 Å². The minimum atomic E-state index is -3.61. The molecule has 0 bridgehead atoms. The van der Waals surface area contributed by atoms with E-state index in [1.807, 2.05) is 24.3 Å².